The Morgan fingerprint density at radius 2 is 1.88 bits per heavy atom. The van der Waals surface area contributed by atoms with Crippen molar-refractivity contribution in [2.75, 3.05) is 0 Å². The first kappa shape index (κ1) is 20.6. The Balaban J connectivity index is 1.19. The molecule has 1 amide bonds. The normalized spacial score (nSPS) is 19.8. The van der Waals surface area contributed by atoms with E-state index in [2.05, 4.69) is 65.8 Å². The first-order valence-corrected chi connectivity index (χ1v) is 11.5. The highest BCUT2D eigenvalue weighted by atomic mass is 16.5. The molecule has 0 saturated carbocycles. The van der Waals surface area contributed by atoms with Crippen molar-refractivity contribution in [3.63, 3.8) is 0 Å². The Labute approximate surface area is 197 Å². The number of aryl methyl sites for hydroxylation is 2. The SMILES string of the molecule is Cc1ccc(-c2noc(CN3C=CN4NC(c5cccc6ccccc56)CC4C3=O)n2)cc1C. The summed E-state index contributed by atoms with van der Waals surface area (Å²) in [6, 6.07) is 20.5. The minimum absolute atomic E-state index is 0.0173. The number of amides is 1. The maximum Gasteiger partial charge on any atom is 0.251 e. The molecule has 1 saturated heterocycles. The Kier molecular flexibility index (Phi) is 4.92. The molecule has 4 aromatic rings. The summed E-state index contributed by atoms with van der Waals surface area (Å²) >= 11 is 0. The fourth-order valence-corrected chi connectivity index (χ4v) is 4.79. The molecule has 7 nitrogen and oxygen atoms in total. The Hall–Kier alpha value is -3.97. The van der Waals surface area contributed by atoms with Gasteiger partial charge in [-0.15, -0.1) is 0 Å². The lowest BCUT2D eigenvalue weighted by Crippen LogP contribution is -2.47. The van der Waals surface area contributed by atoms with Crippen LogP contribution in [-0.4, -0.2) is 32.0 Å². The number of rotatable bonds is 4. The molecule has 3 heterocycles. The first-order valence-electron chi connectivity index (χ1n) is 11.5. The molecule has 1 aromatic heterocycles. The number of nitrogens with one attached hydrogen (secondary N) is 1. The lowest BCUT2D eigenvalue weighted by Gasteiger charge is -2.30. The van der Waals surface area contributed by atoms with E-state index >= 15 is 0 Å². The van der Waals surface area contributed by atoms with Gasteiger partial charge in [0.05, 0.1) is 6.04 Å². The molecular formula is C27H25N5O2. The molecule has 1 fully saturated rings. The van der Waals surface area contributed by atoms with Crippen LogP contribution in [0.4, 0.5) is 0 Å². The monoisotopic (exact) mass is 451 g/mol. The number of carbonyl (C=O) groups is 1. The van der Waals surface area contributed by atoms with Crippen LogP contribution in [0.2, 0.25) is 0 Å². The first-order chi connectivity index (χ1) is 16.6. The standard InChI is InChI=1S/C27H25N5O2/c1-17-10-11-20(14-18(17)2)26-28-25(34-30-26)16-31-12-13-32-24(27(31)33)15-23(29-32)22-9-5-7-19-6-3-4-8-21(19)22/h3-14,23-24,29H,15-16H2,1-2H3. The molecule has 2 atom stereocenters. The van der Waals surface area contributed by atoms with E-state index in [0.717, 1.165) is 5.56 Å². The Bertz CT molecular complexity index is 1420. The molecule has 34 heavy (non-hydrogen) atoms. The summed E-state index contributed by atoms with van der Waals surface area (Å²) < 4.78 is 5.47. The summed E-state index contributed by atoms with van der Waals surface area (Å²) in [6.07, 6.45) is 4.38. The van der Waals surface area contributed by atoms with E-state index in [0.29, 0.717) is 18.1 Å². The summed E-state index contributed by atoms with van der Waals surface area (Å²) in [5.41, 5.74) is 8.00. The van der Waals surface area contributed by atoms with Gasteiger partial charge >= 0.3 is 0 Å². The fraction of sp³-hybridized carbons (Fsp3) is 0.222. The van der Waals surface area contributed by atoms with Crippen LogP contribution in [0.25, 0.3) is 22.2 Å². The van der Waals surface area contributed by atoms with Crippen LogP contribution in [0.3, 0.4) is 0 Å². The van der Waals surface area contributed by atoms with Gasteiger partial charge in [0.2, 0.25) is 11.7 Å². The lowest BCUT2D eigenvalue weighted by atomic mass is 9.95. The van der Waals surface area contributed by atoms with Crippen molar-refractivity contribution >= 4 is 16.7 Å². The molecule has 2 unspecified atom stereocenters. The van der Waals surface area contributed by atoms with Crippen molar-refractivity contribution in [3.05, 3.63) is 95.6 Å². The maximum absolute atomic E-state index is 13.3. The van der Waals surface area contributed by atoms with Crippen molar-refractivity contribution in [2.45, 2.75) is 38.9 Å². The van der Waals surface area contributed by atoms with Crippen LogP contribution in [-0.2, 0) is 11.3 Å². The summed E-state index contributed by atoms with van der Waals surface area (Å²) in [7, 11) is 0. The van der Waals surface area contributed by atoms with Gasteiger partial charge in [-0.25, -0.2) is 5.43 Å². The van der Waals surface area contributed by atoms with E-state index in [9.17, 15) is 4.79 Å². The number of carbonyl (C=O) groups excluding carboxylic acids is 1. The number of fused-ring (bicyclic) bond motifs is 2. The number of nitrogens with zero attached hydrogens (tertiary/aromatic N) is 4. The predicted octanol–water partition coefficient (Wildman–Crippen LogP) is 4.64. The molecule has 0 radical (unpaired) electrons. The van der Waals surface area contributed by atoms with Gasteiger partial charge in [-0.3, -0.25) is 4.79 Å². The topological polar surface area (TPSA) is 74.5 Å². The highest BCUT2D eigenvalue weighted by Gasteiger charge is 2.40. The zero-order chi connectivity index (χ0) is 23.2. The van der Waals surface area contributed by atoms with Crippen molar-refractivity contribution in [1.29, 1.82) is 0 Å². The quantitative estimate of drug-likeness (QED) is 0.487. The molecule has 170 valence electrons. The zero-order valence-electron chi connectivity index (χ0n) is 19.1. The smallest absolute Gasteiger partial charge is 0.251 e. The number of hydrazine groups is 1. The molecule has 2 aliphatic heterocycles. The van der Waals surface area contributed by atoms with Crippen LogP contribution in [0.15, 0.2) is 77.6 Å². The molecule has 3 aromatic carbocycles. The van der Waals surface area contributed by atoms with Gasteiger partial charge < -0.3 is 14.4 Å². The van der Waals surface area contributed by atoms with Gasteiger partial charge in [0.1, 0.15) is 12.6 Å². The minimum Gasteiger partial charge on any atom is -0.337 e. The van der Waals surface area contributed by atoms with E-state index in [-0.39, 0.29) is 24.5 Å². The minimum atomic E-state index is -0.281. The molecule has 6 rings (SSSR count). The van der Waals surface area contributed by atoms with Crippen molar-refractivity contribution in [2.24, 2.45) is 0 Å². The van der Waals surface area contributed by atoms with Crippen LogP contribution in [0, 0.1) is 13.8 Å². The molecular weight excluding hydrogens is 426 g/mol. The van der Waals surface area contributed by atoms with Gasteiger partial charge in [-0.2, -0.15) is 4.98 Å². The molecule has 1 N–H and O–H groups in total. The average molecular weight is 452 g/mol. The number of benzene rings is 3. The average Bonchev–Trinajstić information content (AvgIpc) is 3.50. The van der Waals surface area contributed by atoms with E-state index in [1.165, 1.54) is 27.5 Å². The highest BCUT2D eigenvalue weighted by Crippen LogP contribution is 2.34. The van der Waals surface area contributed by atoms with Crippen molar-refractivity contribution in [3.8, 4) is 11.4 Å². The largest absolute Gasteiger partial charge is 0.337 e. The third kappa shape index (κ3) is 3.54. The summed E-state index contributed by atoms with van der Waals surface area (Å²) in [5.74, 6) is 0.964. The van der Waals surface area contributed by atoms with Gasteiger partial charge in [0.15, 0.2) is 0 Å². The van der Waals surface area contributed by atoms with Crippen molar-refractivity contribution in [1.82, 2.24) is 25.5 Å². The lowest BCUT2D eigenvalue weighted by molar-refractivity contribution is -0.135. The summed E-state index contributed by atoms with van der Waals surface area (Å²) in [5, 5.41) is 8.45. The maximum atomic E-state index is 13.3. The third-order valence-electron chi connectivity index (χ3n) is 6.81. The molecule has 0 bridgehead atoms. The number of hydrogen-bond acceptors (Lipinski definition) is 6. The van der Waals surface area contributed by atoms with Gasteiger partial charge in [-0.1, -0.05) is 59.8 Å². The van der Waals surface area contributed by atoms with E-state index in [4.69, 9.17) is 4.52 Å². The summed E-state index contributed by atoms with van der Waals surface area (Å²) in [4.78, 5) is 19.5. The number of aromatic nitrogens is 2. The van der Waals surface area contributed by atoms with E-state index in [1.54, 1.807) is 11.1 Å². The highest BCUT2D eigenvalue weighted by molar-refractivity contribution is 5.87. The van der Waals surface area contributed by atoms with E-state index in [1.807, 2.05) is 35.5 Å². The van der Waals surface area contributed by atoms with Gasteiger partial charge in [-0.05, 0) is 53.8 Å². The van der Waals surface area contributed by atoms with Gasteiger partial charge in [0.25, 0.3) is 5.91 Å². The third-order valence-corrected chi connectivity index (χ3v) is 6.81. The van der Waals surface area contributed by atoms with Crippen LogP contribution >= 0.6 is 0 Å². The Morgan fingerprint density at radius 1 is 1.03 bits per heavy atom. The number of hydrogen-bond donors (Lipinski definition) is 1. The van der Waals surface area contributed by atoms with E-state index < -0.39 is 0 Å². The second-order valence-corrected chi connectivity index (χ2v) is 8.98. The van der Waals surface area contributed by atoms with Crippen molar-refractivity contribution < 1.29 is 9.32 Å². The van der Waals surface area contributed by atoms with Crippen LogP contribution in [0.5, 0.6) is 0 Å². The second kappa shape index (κ2) is 8.11. The molecule has 0 spiro atoms. The second-order valence-electron chi connectivity index (χ2n) is 8.98. The fourth-order valence-electron chi connectivity index (χ4n) is 4.79. The zero-order valence-corrected chi connectivity index (χ0v) is 19.1. The predicted molar refractivity (Wildman–Crippen MR) is 129 cm³/mol. The van der Waals surface area contributed by atoms with Crippen LogP contribution in [0.1, 0.15) is 35.0 Å². The molecule has 7 heteroatoms. The van der Waals surface area contributed by atoms with Gasteiger partial charge in [0, 0.05) is 18.0 Å². The molecule has 2 aliphatic rings. The summed E-state index contributed by atoms with van der Waals surface area (Å²) in [6.45, 7) is 4.38. The van der Waals surface area contributed by atoms with Crippen LogP contribution < -0.4 is 5.43 Å². The Morgan fingerprint density at radius 3 is 2.76 bits per heavy atom. The molecule has 0 aliphatic carbocycles.